The van der Waals surface area contributed by atoms with Crippen LogP contribution in [0.25, 0.3) is 0 Å². The van der Waals surface area contributed by atoms with Gasteiger partial charge < -0.3 is 9.47 Å². The number of azo groups is 2. The minimum absolute atomic E-state index is 0.298. The molecule has 1 aliphatic heterocycles. The number of ether oxygens (including phenoxy) is 2. The van der Waals surface area contributed by atoms with Gasteiger partial charge in [0, 0.05) is 18.0 Å². The van der Waals surface area contributed by atoms with Crippen LogP contribution in [0.15, 0.2) is 105 Å². The van der Waals surface area contributed by atoms with Crippen LogP contribution in [0.3, 0.4) is 0 Å². The molecule has 1 heterocycles. The highest BCUT2D eigenvalue weighted by atomic mass is 16.5. The zero-order valence-electron chi connectivity index (χ0n) is 15.4. The van der Waals surface area contributed by atoms with Gasteiger partial charge >= 0.3 is 0 Å². The molecule has 1 N–H and O–H groups in total. The van der Waals surface area contributed by atoms with Gasteiger partial charge in [-0.15, -0.1) is 20.5 Å². The zero-order valence-corrected chi connectivity index (χ0v) is 15.4. The van der Waals surface area contributed by atoms with Gasteiger partial charge in [-0.25, -0.2) is 5.06 Å². The second kappa shape index (κ2) is 9.24. The van der Waals surface area contributed by atoms with Crippen LogP contribution < -0.4 is 9.47 Å². The first-order chi connectivity index (χ1) is 13.7. The molecule has 2 aromatic rings. The summed E-state index contributed by atoms with van der Waals surface area (Å²) in [5.74, 6) is 1.77. The van der Waals surface area contributed by atoms with Crippen LogP contribution in [0.1, 0.15) is 0 Å². The fraction of sp³-hybridized carbons (Fsp3) is 0.100. The van der Waals surface area contributed by atoms with E-state index in [-0.39, 0.29) is 0 Å². The molecule has 28 heavy (non-hydrogen) atoms. The summed E-state index contributed by atoms with van der Waals surface area (Å²) >= 11 is 0. The maximum atomic E-state index is 9.43. The van der Waals surface area contributed by atoms with E-state index in [1.807, 2.05) is 0 Å². The van der Waals surface area contributed by atoms with E-state index in [0.717, 1.165) is 16.6 Å². The van der Waals surface area contributed by atoms with E-state index in [4.69, 9.17) is 9.47 Å². The van der Waals surface area contributed by atoms with E-state index >= 15 is 0 Å². The van der Waals surface area contributed by atoms with Crippen molar-refractivity contribution >= 4 is 11.4 Å². The predicted molar refractivity (Wildman–Crippen MR) is 104 cm³/mol. The fourth-order valence-corrected chi connectivity index (χ4v) is 2.21. The number of nitrogens with zero attached hydrogens (tertiary/aromatic N) is 5. The third-order valence-electron chi connectivity index (χ3n) is 3.74. The Morgan fingerprint density at radius 2 is 1.18 bits per heavy atom. The first kappa shape index (κ1) is 19.0. The molecule has 0 saturated heterocycles. The smallest absolute Gasteiger partial charge is 0.203 e. The van der Waals surface area contributed by atoms with Crippen LogP contribution in [0.4, 0.5) is 11.4 Å². The fourth-order valence-electron chi connectivity index (χ4n) is 2.21. The van der Waals surface area contributed by atoms with E-state index in [0.29, 0.717) is 22.8 Å². The average Bonchev–Trinajstić information content (AvgIpc) is 2.75. The Labute approximate surface area is 162 Å². The van der Waals surface area contributed by atoms with Crippen molar-refractivity contribution in [2.45, 2.75) is 0 Å². The molecule has 0 unspecified atom stereocenters. The molecule has 0 saturated carbocycles. The predicted octanol–water partition coefficient (Wildman–Crippen LogP) is 5.52. The first-order valence-electron chi connectivity index (χ1n) is 8.37. The van der Waals surface area contributed by atoms with Crippen LogP contribution in [0, 0.1) is 0 Å². The van der Waals surface area contributed by atoms with Crippen LogP contribution in [0.5, 0.6) is 11.5 Å². The Kier molecular flexibility index (Phi) is 6.27. The zero-order chi connectivity index (χ0) is 19.8. The molecule has 0 radical (unpaired) electrons. The van der Waals surface area contributed by atoms with Crippen LogP contribution >= 0.6 is 0 Å². The minimum atomic E-state index is 0.298. The van der Waals surface area contributed by atoms with Gasteiger partial charge in [0.1, 0.15) is 11.5 Å². The molecule has 0 bridgehead atoms. The maximum Gasteiger partial charge on any atom is 0.203 e. The molecule has 0 spiro atoms. The number of allylic oxidation sites excluding steroid dienone is 3. The lowest BCUT2D eigenvalue weighted by atomic mass is 10.2. The molecule has 2 aromatic carbocycles. The number of hydrogen-bond donors (Lipinski definition) is 1. The van der Waals surface area contributed by atoms with Gasteiger partial charge in [0.15, 0.2) is 0 Å². The van der Waals surface area contributed by atoms with E-state index in [1.165, 1.54) is 12.4 Å². The molecule has 8 nitrogen and oxygen atoms in total. The van der Waals surface area contributed by atoms with Crippen molar-refractivity contribution in [2.24, 2.45) is 20.5 Å². The summed E-state index contributed by atoms with van der Waals surface area (Å²) < 4.78 is 10.3. The molecule has 3 rings (SSSR count). The van der Waals surface area contributed by atoms with Crippen LogP contribution in [-0.4, -0.2) is 24.5 Å². The van der Waals surface area contributed by atoms with Crippen LogP contribution in [-0.2, 0) is 0 Å². The minimum Gasteiger partial charge on any atom is -0.497 e. The lowest BCUT2D eigenvalue weighted by Crippen LogP contribution is -2.04. The molecule has 142 valence electrons. The second-order valence-electron chi connectivity index (χ2n) is 5.59. The summed E-state index contributed by atoms with van der Waals surface area (Å²) in [5, 5.41) is 27.2. The molecule has 0 atom stereocenters. The van der Waals surface area contributed by atoms with Gasteiger partial charge in [0.25, 0.3) is 0 Å². The third-order valence-corrected chi connectivity index (χ3v) is 3.74. The maximum absolute atomic E-state index is 9.43. The first-order valence-corrected chi connectivity index (χ1v) is 8.37. The molecule has 1 aliphatic rings. The van der Waals surface area contributed by atoms with Crippen LogP contribution in [0.2, 0.25) is 0 Å². The molecule has 0 aromatic heterocycles. The van der Waals surface area contributed by atoms with Gasteiger partial charge in [-0.3, -0.25) is 5.21 Å². The Morgan fingerprint density at radius 3 is 1.57 bits per heavy atom. The van der Waals surface area contributed by atoms with E-state index in [2.05, 4.69) is 20.5 Å². The number of rotatable bonds is 6. The topological polar surface area (TPSA) is 91.4 Å². The average molecular weight is 377 g/mol. The Hall–Kier alpha value is -3.78. The molecular weight excluding hydrogens is 358 g/mol. The van der Waals surface area contributed by atoms with Crippen molar-refractivity contribution < 1.29 is 14.7 Å². The summed E-state index contributed by atoms with van der Waals surface area (Å²) in [6, 6.07) is 14.3. The van der Waals surface area contributed by atoms with Gasteiger partial charge in [-0.05, 0) is 60.7 Å². The summed E-state index contributed by atoms with van der Waals surface area (Å²) in [7, 11) is 3.20. The molecule has 0 fully saturated rings. The molecule has 0 amide bonds. The highest BCUT2D eigenvalue weighted by Gasteiger charge is 2.05. The Bertz CT molecular complexity index is 869. The van der Waals surface area contributed by atoms with Crippen molar-refractivity contribution in [1.29, 1.82) is 0 Å². The lowest BCUT2D eigenvalue weighted by molar-refractivity contribution is 0.0105. The number of benzene rings is 2. The SMILES string of the molecule is COc1ccc(N=NC(N=Nc2ccc(OC)cc2)=C2C=CN(O)C=C2)cc1. The normalized spacial score (nSPS) is 13.5. The van der Waals surface area contributed by atoms with Crippen molar-refractivity contribution in [3.8, 4) is 11.5 Å². The molecule has 0 aliphatic carbocycles. The summed E-state index contributed by atoms with van der Waals surface area (Å²) in [6.45, 7) is 0. The highest BCUT2D eigenvalue weighted by molar-refractivity contribution is 5.43. The summed E-state index contributed by atoms with van der Waals surface area (Å²) in [6.07, 6.45) is 6.27. The monoisotopic (exact) mass is 377 g/mol. The molecule has 8 heteroatoms. The lowest BCUT2D eigenvalue weighted by Gasteiger charge is -2.10. The van der Waals surface area contributed by atoms with Gasteiger partial charge in [-0.2, -0.15) is 0 Å². The largest absolute Gasteiger partial charge is 0.497 e. The van der Waals surface area contributed by atoms with E-state index in [1.54, 1.807) is 74.9 Å². The van der Waals surface area contributed by atoms with Crippen molar-refractivity contribution in [3.63, 3.8) is 0 Å². The Morgan fingerprint density at radius 1 is 0.750 bits per heavy atom. The highest BCUT2D eigenvalue weighted by Crippen LogP contribution is 2.24. The summed E-state index contributed by atoms with van der Waals surface area (Å²) in [4.78, 5) is 0. The quantitative estimate of drug-likeness (QED) is 0.671. The van der Waals surface area contributed by atoms with Gasteiger partial charge in [0.05, 0.1) is 25.6 Å². The summed E-state index contributed by atoms with van der Waals surface area (Å²) in [5.41, 5.74) is 1.94. The number of methoxy groups -OCH3 is 2. The van der Waals surface area contributed by atoms with E-state index < -0.39 is 0 Å². The Balaban J connectivity index is 1.87. The van der Waals surface area contributed by atoms with Gasteiger partial charge in [0.2, 0.25) is 5.82 Å². The van der Waals surface area contributed by atoms with Gasteiger partial charge in [-0.1, -0.05) is 0 Å². The van der Waals surface area contributed by atoms with Crippen molar-refractivity contribution in [3.05, 3.63) is 84.5 Å². The molecular formula is C20H19N5O3. The van der Waals surface area contributed by atoms with Crippen molar-refractivity contribution in [2.75, 3.05) is 14.2 Å². The number of hydrogen-bond acceptors (Lipinski definition) is 8. The van der Waals surface area contributed by atoms with Crippen molar-refractivity contribution in [1.82, 2.24) is 5.06 Å². The second-order valence-corrected chi connectivity index (χ2v) is 5.59. The number of hydroxylamine groups is 2. The standard InChI is InChI=1S/C20H19N5O3/c1-27-18-7-3-16(4-8-18)21-23-20(15-11-13-25(26)14-12-15)24-22-17-5-9-19(28-2)10-6-17/h3-14,26H,1-2H3. The van der Waals surface area contributed by atoms with E-state index in [9.17, 15) is 5.21 Å². The third kappa shape index (κ3) is 5.12.